The average molecular weight is 752 g/mol. The van der Waals surface area contributed by atoms with Crippen molar-refractivity contribution in [1.82, 2.24) is 0 Å². The number of para-hydroxylation sites is 2. The lowest BCUT2D eigenvalue weighted by atomic mass is 9.81. The van der Waals surface area contributed by atoms with E-state index in [-0.39, 0.29) is 10.8 Å². The lowest BCUT2D eigenvalue weighted by molar-refractivity contribution is 0.590. The molecule has 276 valence electrons. The van der Waals surface area contributed by atoms with Crippen molar-refractivity contribution in [3.63, 3.8) is 0 Å². The van der Waals surface area contributed by atoms with E-state index in [1.165, 1.54) is 81.4 Å². The summed E-state index contributed by atoms with van der Waals surface area (Å²) in [6.45, 7) is 11.6. The molecule has 0 atom stereocenters. The summed E-state index contributed by atoms with van der Waals surface area (Å²) in [4.78, 5) is 2.40. The molecule has 0 unspecified atom stereocenters. The van der Waals surface area contributed by atoms with Gasteiger partial charge in [-0.25, -0.2) is 0 Å². The zero-order valence-corrected chi connectivity index (χ0v) is 34.0. The van der Waals surface area contributed by atoms with Crippen molar-refractivity contribution < 1.29 is 0 Å². The van der Waals surface area contributed by atoms with Gasteiger partial charge in [0.05, 0.1) is 5.69 Å². The number of anilines is 3. The standard InChI is InChI=1S/C55H45NS/c1-54(2,3)40-28-22-36(23-29-40)38-26-32-45-47-34-39(27-33-48(47)55(4,5)49(45)35-38)43-16-9-11-19-50(43)56(41-14-7-6-8-15-41)42-30-24-37(25-31-42)44-18-13-21-52-53(44)46-17-10-12-20-51(46)57-52/h6-35H,1-5H3. The van der Waals surface area contributed by atoms with Gasteiger partial charge in [0, 0.05) is 42.5 Å². The predicted octanol–water partition coefficient (Wildman–Crippen LogP) is 16.1. The molecule has 9 aromatic rings. The highest BCUT2D eigenvalue weighted by molar-refractivity contribution is 7.25. The summed E-state index contributed by atoms with van der Waals surface area (Å²) in [5.74, 6) is 0. The molecule has 1 nitrogen and oxygen atoms in total. The van der Waals surface area contributed by atoms with Gasteiger partial charge in [-0.1, -0.05) is 162 Å². The Hall–Kier alpha value is -6.22. The van der Waals surface area contributed by atoms with Gasteiger partial charge in [-0.2, -0.15) is 0 Å². The van der Waals surface area contributed by atoms with Crippen LogP contribution in [0.4, 0.5) is 17.1 Å². The fourth-order valence-corrected chi connectivity index (χ4v) is 10.1. The van der Waals surface area contributed by atoms with Crippen molar-refractivity contribution >= 4 is 48.6 Å². The fraction of sp³-hybridized carbons (Fsp3) is 0.127. The van der Waals surface area contributed by atoms with Gasteiger partial charge < -0.3 is 4.90 Å². The first-order valence-corrected chi connectivity index (χ1v) is 20.8. The Morgan fingerprint density at radius 3 is 1.86 bits per heavy atom. The molecule has 0 bridgehead atoms. The van der Waals surface area contributed by atoms with Crippen LogP contribution in [0.1, 0.15) is 51.3 Å². The van der Waals surface area contributed by atoms with Gasteiger partial charge in [-0.15, -0.1) is 11.3 Å². The number of nitrogens with zero attached hydrogens (tertiary/aromatic N) is 1. The molecule has 8 aromatic carbocycles. The van der Waals surface area contributed by atoms with Crippen molar-refractivity contribution in [2.75, 3.05) is 4.90 Å². The van der Waals surface area contributed by atoms with Crippen molar-refractivity contribution in [3.05, 3.63) is 199 Å². The molecule has 0 spiro atoms. The van der Waals surface area contributed by atoms with Crippen molar-refractivity contribution in [2.45, 2.75) is 45.4 Å². The molecule has 1 aliphatic rings. The Balaban J connectivity index is 1.05. The van der Waals surface area contributed by atoms with Gasteiger partial charge >= 0.3 is 0 Å². The van der Waals surface area contributed by atoms with Gasteiger partial charge in [0.1, 0.15) is 0 Å². The Bertz CT molecular complexity index is 2940. The van der Waals surface area contributed by atoms with Crippen molar-refractivity contribution in [3.8, 4) is 44.5 Å². The largest absolute Gasteiger partial charge is 0.310 e. The SMILES string of the molecule is CC(C)(C)c1ccc(-c2ccc3c(c2)C(C)(C)c2ccc(-c4ccccc4N(c4ccccc4)c4ccc(-c5cccc6sc7ccccc7c56)cc4)cc2-3)cc1. The normalized spacial score (nSPS) is 13.1. The fourth-order valence-electron chi connectivity index (χ4n) is 8.99. The van der Waals surface area contributed by atoms with Crippen LogP contribution in [0.15, 0.2) is 182 Å². The monoisotopic (exact) mass is 751 g/mol. The molecule has 0 aliphatic heterocycles. The zero-order valence-electron chi connectivity index (χ0n) is 33.2. The number of benzene rings is 8. The summed E-state index contributed by atoms with van der Waals surface area (Å²) in [5, 5.41) is 2.66. The van der Waals surface area contributed by atoms with E-state index in [0.29, 0.717) is 0 Å². The van der Waals surface area contributed by atoms with E-state index in [1.54, 1.807) is 0 Å². The van der Waals surface area contributed by atoms with E-state index in [1.807, 2.05) is 11.3 Å². The van der Waals surface area contributed by atoms with E-state index in [2.05, 4.69) is 222 Å². The highest BCUT2D eigenvalue weighted by atomic mass is 32.1. The average Bonchev–Trinajstić information content (AvgIpc) is 3.73. The van der Waals surface area contributed by atoms with E-state index in [4.69, 9.17) is 0 Å². The highest BCUT2D eigenvalue weighted by Gasteiger charge is 2.36. The van der Waals surface area contributed by atoms with E-state index in [9.17, 15) is 0 Å². The van der Waals surface area contributed by atoms with Crippen LogP contribution >= 0.6 is 11.3 Å². The molecule has 0 saturated heterocycles. The second kappa shape index (κ2) is 13.5. The van der Waals surface area contributed by atoms with Gasteiger partial charge in [0.15, 0.2) is 0 Å². The molecule has 0 fully saturated rings. The van der Waals surface area contributed by atoms with Crippen LogP contribution in [0.2, 0.25) is 0 Å². The second-order valence-electron chi connectivity index (χ2n) is 17.0. The van der Waals surface area contributed by atoms with Crippen LogP contribution in [0.5, 0.6) is 0 Å². The minimum Gasteiger partial charge on any atom is -0.310 e. The Labute approximate surface area is 340 Å². The molecule has 1 aromatic heterocycles. The van der Waals surface area contributed by atoms with Crippen molar-refractivity contribution in [1.29, 1.82) is 0 Å². The molecule has 57 heavy (non-hydrogen) atoms. The number of hydrogen-bond donors (Lipinski definition) is 0. The lowest BCUT2D eigenvalue weighted by Gasteiger charge is -2.28. The molecular weight excluding hydrogens is 707 g/mol. The van der Waals surface area contributed by atoms with Gasteiger partial charge in [-0.3, -0.25) is 0 Å². The minimum atomic E-state index is -0.110. The summed E-state index contributed by atoms with van der Waals surface area (Å²) in [6, 6.07) is 67.6. The minimum absolute atomic E-state index is 0.110. The van der Waals surface area contributed by atoms with Gasteiger partial charge in [0.2, 0.25) is 0 Å². The van der Waals surface area contributed by atoms with Crippen molar-refractivity contribution in [2.24, 2.45) is 0 Å². The second-order valence-corrected chi connectivity index (χ2v) is 18.1. The van der Waals surface area contributed by atoms with Crippen LogP contribution in [0, 0.1) is 0 Å². The number of fused-ring (bicyclic) bond motifs is 6. The molecule has 1 aliphatic carbocycles. The topological polar surface area (TPSA) is 3.24 Å². The van der Waals surface area contributed by atoms with E-state index in [0.717, 1.165) is 17.1 Å². The molecule has 0 N–H and O–H groups in total. The summed E-state index contributed by atoms with van der Waals surface area (Å²) < 4.78 is 2.65. The molecule has 0 saturated carbocycles. The maximum absolute atomic E-state index is 2.43. The molecule has 0 radical (unpaired) electrons. The van der Waals surface area contributed by atoms with Gasteiger partial charge in [0.25, 0.3) is 0 Å². The lowest BCUT2D eigenvalue weighted by Crippen LogP contribution is -2.15. The summed E-state index contributed by atoms with van der Waals surface area (Å²) >= 11 is 1.87. The highest BCUT2D eigenvalue weighted by Crippen LogP contribution is 2.52. The number of hydrogen-bond acceptors (Lipinski definition) is 2. The Morgan fingerprint density at radius 2 is 1.07 bits per heavy atom. The van der Waals surface area contributed by atoms with E-state index < -0.39 is 0 Å². The third kappa shape index (κ3) is 5.99. The third-order valence-corrected chi connectivity index (χ3v) is 13.2. The first kappa shape index (κ1) is 35.2. The maximum Gasteiger partial charge on any atom is 0.0540 e. The summed E-state index contributed by atoms with van der Waals surface area (Å²) in [6.07, 6.45) is 0. The Morgan fingerprint density at radius 1 is 0.439 bits per heavy atom. The van der Waals surface area contributed by atoms with Crippen LogP contribution in [0.25, 0.3) is 64.7 Å². The quantitative estimate of drug-likeness (QED) is 0.164. The number of thiophene rings is 1. The van der Waals surface area contributed by atoms with Crippen LogP contribution in [-0.2, 0) is 10.8 Å². The smallest absolute Gasteiger partial charge is 0.0540 e. The molecule has 1 heterocycles. The Kier molecular flexibility index (Phi) is 8.32. The molecule has 0 amide bonds. The van der Waals surface area contributed by atoms with Crippen LogP contribution in [0.3, 0.4) is 0 Å². The molecular formula is C55H45NS. The number of rotatable bonds is 6. The van der Waals surface area contributed by atoms with Crippen LogP contribution < -0.4 is 4.90 Å². The van der Waals surface area contributed by atoms with E-state index >= 15 is 0 Å². The first-order chi connectivity index (χ1) is 27.6. The maximum atomic E-state index is 2.43. The van der Waals surface area contributed by atoms with Gasteiger partial charge in [-0.05, 0) is 116 Å². The third-order valence-electron chi connectivity index (χ3n) is 12.1. The summed E-state index contributed by atoms with van der Waals surface area (Å²) in [7, 11) is 0. The predicted molar refractivity (Wildman–Crippen MR) is 247 cm³/mol. The zero-order chi connectivity index (χ0) is 38.9. The van der Waals surface area contributed by atoms with Crippen LogP contribution in [-0.4, -0.2) is 0 Å². The molecule has 2 heteroatoms. The summed E-state index contributed by atoms with van der Waals surface area (Å²) in [5.41, 5.74) is 17.6. The molecule has 10 rings (SSSR count). The first-order valence-electron chi connectivity index (χ1n) is 20.0.